The summed E-state index contributed by atoms with van der Waals surface area (Å²) in [5, 5.41) is -0.106. The predicted octanol–water partition coefficient (Wildman–Crippen LogP) is 4.50. The average molecular weight is 567 g/mol. The zero-order valence-corrected chi connectivity index (χ0v) is 21.5. The molecule has 0 amide bonds. The van der Waals surface area contributed by atoms with Crippen molar-refractivity contribution in [3.63, 3.8) is 0 Å². The highest BCUT2D eigenvalue weighted by Crippen LogP contribution is 2.45. The van der Waals surface area contributed by atoms with Crippen LogP contribution in [0.3, 0.4) is 0 Å². The number of hydrogen-bond donors (Lipinski definition) is 0. The number of sulfonamides is 1. The first-order chi connectivity index (χ1) is 17.6. The van der Waals surface area contributed by atoms with Crippen molar-refractivity contribution in [2.75, 3.05) is 26.2 Å². The zero-order chi connectivity index (χ0) is 27.9. The van der Waals surface area contributed by atoms with Crippen LogP contribution in [0.1, 0.15) is 54.4 Å². The molecule has 7 nitrogen and oxygen atoms in total. The Morgan fingerprint density at radius 3 is 2.24 bits per heavy atom. The number of hydrogen-bond acceptors (Lipinski definition) is 5. The maximum absolute atomic E-state index is 14.1. The van der Waals surface area contributed by atoms with Gasteiger partial charge in [-0.25, -0.2) is 26.6 Å². The maximum Gasteiger partial charge on any atom is 0.417 e. The van der Waals surface area contributed by atoms with Crippen LogP contribution in [0.4, 0.5) is 26.3 Å². The van der Waals surface area contributed by atoms with Gasteiger partial charge in [0, 0.05) is 69.8 Å². The quantitative estimate of drug-likeness (QED) is 0.365. The van der Waals surface area contributed by atoms with E-state index in [1.807, 2.05) is 4.90 Å². The van der Waals surface area contributed by atoms with Gasteiger partial charge in [0.15, 0.2) is 10.8 Å². The highest BCUT2D eigenvalue weighted by atomic mass is 32.2. The summed E-state index contributed by atoms with van der Waals surface area (Å²) in [4.78, 5) is 18.7. The Morgan fingerprint density at radius 2 is 1.68 bits per heavy atom. The van der Waals surface area contributed by atoms with Crippen LogP contribution >= 0.6 is 0 Å². The lowest BCUT2D eigenvalue weighted by Gasteiger charge is -2.50. The number of aryl methyl sites for hydroxylation is 1. The van der Waals surface area contributed by atoms with Crippen LogP contribution in [0, 0.1) is 5.82 Å². The smallest absolute Gasteiger partial charge is 0.339 e. The summed E-state index contributed by atoms with van der Waals surface area (Å²) >= 11 is 0. The number of aromatic nitrogens is 2. The number of carbonyl (C=O) groups is 1. The van der Waals surface area contributed by atoms with Crippen LogP contribution < -0.4 is 0 Å². The molecule has 38 heavy (non-hydrogen) atoms. The largest absolute Gasteiger partial charge is 0.417 e. The van der Waals surface area contributed by atoms with Crippen LogP contribution in [0.25, 0.3) is 0 Å². The molecule has 2 aliphatic rings. The third kappa shape index (κ3) is 5.91. The standard InChI is InChI=1S/C24H28F6N4O3S/c1-32-15-21(31-16-32)38(36,37)34-12-10-33(11-13-34)22(6-8-23(26,27)9-7-22)5-4-20(35)18-3-2-17(25)14-19(18)24(28,29)30/h2-3,14-16H,4-13H2,1H3. The first kappa shape index (κ1) is 28.6. The Balaban J connectivity index is 1.51. The molecule has 0 unspecified atom stereocenters. The highest BCUT2D eigenvalue weighted by molar-refractivity contribution is 7.89. The molecule has 1 saturated carbocycles. The number of halogens is 6. The van der Waals surface area contributed by atoms with Gasteiger partial charge in [0.25, 0.3) is 10.0 Å². The Labute approximate surface area is 216 Å². The second-order valence-electron chi connectivity index (χ2n) is 9.96. The van der Waals surface area contributed by atoms with Gasteiger partial charge in [0.1, 0.15) is 5.82 Å². The van der Waals surface area contributed by atoms with Crippen molar-refractivity contribution in [1.82, 2.24) is 18.8 Å². The van der Waals surface area contributed by atoms with Crippen molar-refractivity contribution in [1.29, 1.82) is 0 Å². The number of rotatable bonds is 7. The summed E-state index contributed by atoms with van der Waals surface area (Å²) in [7, 11) is -2.22. The number of piperazine rings is 1. The molecular weight excluding hydrogens is 538 g/mol. The van der Waals surface area contributed by atoms with Crippen molar-refractivity contribution in [2.24, 2.45) is 7.05 Å². The van der Waals surface area contributed by atoms with Crippen LogP contribution in [-0.4, -0.2) is 70.6 Å². The van der Waals surface area contributed by atoms with Gasteiger partial charge in [0.2, 0.25) is 5.92 Å². The molecule has 0 bridgehead atoms. The first-order valence-electron chi connectivity index (χ1n) is 12.1. The van der Waals surface area contributed by atoms with Gasteiger partial charge >= 0.3 is 6.18 Å². The van der Waals surface area contributed by atoms with E-state index in [0.717, 1.165) is 12.1 Å². The Kier molecular flexibility index (Phi) is 7.71. The fraction of sp³-hybridized carbons (Fsp3) is 0.583. The molecule has 0 radical (unpaired) electrons. The van der Waals surface area contributed by atoms with Crippen molar-refractivity contribution >= 4 is 15.8 Å². The second kappa shape index (κ2) is 10.3. The van der Waals surface area contributed by atoms with Crippen LogP contribution in [0.2, 0.25) is 0 Å². The van der Waals surface area contributed by atoms with E-state index in [-0.39, 0.29) is 63.0 Å². The number of imidazole rings is 1. The van der Waals surface area contributed by atoms with Gasteiger partial charge in [0.05, 0.1) is 11.9 Å². The summed E-state index contributed by atoms with van der Waals surface area (Å²) in [6, 6.07) is 1.84. The molecule has 0 N–H and O–H groups in total. The molecule has 1 aliphatic heterocycles. The molecule has 2 fully saturated rings. The van der Waals surface area contributed by atoms with Crippen molar-refractivity contribution in [3.8, 4) is 0 Å². The van der Waals surface area contributed by atoms with E-state index in [9.17, 15) is 39.6 Å². The lowest BCUT2D eigenvalue weighted by atomic mass is 9.74. The lowest BCUT2D eigenvalue weighted by molar-refractivity contribution is -0.138. The minimum absolute atomic E-state index is 0.00974. The third-order valence-corrected chi connectivity index (χ3v) is 9.30. The molecule has 0 spiro atoms. The summed E-state index contributed by atoms with van der Waals surface area (Å²) in [5.41, 5.74) is -2.95. The monoisotopic (exact) mass is 566 g/mol. The molecule has 14 heteroatoms. The second-order valence-corrected chi connectivity index (χ2v) is 11.8. The Bertz CT molecular complexity index is 1280. The lowest BCUT2D eigenvalue weighted by Crippen LogP contribution is -2.59. The number of benzene rings is 1. The molecule has 1 aliphatic carbocycles. The Morgan fingerprint density at radius 1 is 1.05 bits per heavy atom. The predicted molar refractivity (Wildman–Crippen MR) is 125 cm³/mol. The van der Waals surface area contributed by atoms with Gasteiger partial charge in [-0.3, -0.25) is 9.69 Å². The summed E-state index contributed by atoms with van der Waals surface area (Å²) < 4.78 is 110. The maximum atomic E-state index is 14.1. The SMILES string of the molecule is Cn1cnc(S(=O)(=O)N2CCN(C3(CCC(=O)c4ccc(F)cc4C(F)(F)F)CCC(F)(F)CC3)CC2)c1. The van der Waals surface area contributed by atoms with Crippen molar-refractivity contribution in [2.45, 2.75) is 61.2 Å². The van der Waals surface area contributed by atoms with E-state index < -0.39 is 63.2 Å². The molecule has 1 saturated heterocycles. The minimum atomic E-state index is -4.94. The summed E-state index contributed by atoms with van der Waals surface area (Å²) in [6.45, 7) is 0.550. The van der Waals surface area contributed by atoms with Crippen LogP contribution in [0.15, 0.2) is 35.7 Å². The molecule has 1 aromatic carbocycles. The van der Waals surface area contributed by atoms with Crippen LogP contribution in [0.5, 0.6) is 0 Å². The van der Waals surface area contributed by atoms with Gasteiger partial charge < -0.3 is 4.57 Å². The topological polar surface area (TPSA) is 75.5 Å². The van der Waals surface area contributed by atoms with Crippen molar-refractivity contribution < 1.29 is 39.6 Å². The fourth-order valence-electron chi connectivity index (χ4n) is 5.34. The van der Waals surface area contributed by atoms with Gasteiger partial charge in [-0.2, -0.15) is 17.5 Å². The van der Waals surface area contributed by atoms with Gasteiger partial charge in [-0.1, -0.05) is 0 Å². The zero-order valence-electron chi connectivity index (χ0n) is 20.6. The normalized spacial score (nSPS) is 20.9. The first-order valence-corrected chi connectivity index (χ1v) is 13.6. The molecule has 1 aromatic heterocycles. The van der Waals surface area contributed by atoms with E-state index in [0.29, 0.717) is 0 Å². The molecule has 210 valence electrons. The van der Waals surface area contributed by atoms with E-state index in [4.69, 9.17) is 0 Å². The molecule has 2 heterocycles. The molecule has 0 atom stereocenters. The van der Waals surface area contributed by atoms with Crippen LogP contribution in [-0.2, 0) is 23.2 Å². The van der Waals surface area contributed by atoms with Gasteiger partial charge in [-0.15, -0.1) is 0 Å². The summed E-state index contributed by atoms with van der Waals surface area (Å²) in [5.74, 6) is -4.87. The fourth-order valence-corrected chi connectivity index (χ4v) is 6.73. The number of carbonyl (C=O) groups excluding carboxylic acids is 1. The average Bonchev–Trinajstić information content (AvgIpc) is 3.30. The molecule has 4 rings (SSSR count). The molecule has 2 aromatic rings. The minimum Gasteiger partial charge on any atom is -0.339 e. The summed E-state index contributed by atoms with van der Waals surface area (Å²) in [6.07, 6.45) is -3.41. The third-order valence-electron chi connectivity index (χ3n) is 7.51. The number of nitrogens with zero attached hydrogens (tertiary/aromatic N) is 4. The number of Topliss-reactive ketones (excluding diaryl/α,β-unsaturated/α-hetero) is 1. The Hall–Kier alpha value is -2.45. The van der Waals surface area contributed by atoms with E-state index in [1.54, 1.807) is 7.05 Å². The van der Waals surface area contributed by atoms with Gasteiger partial charge in [-0.05, 0) is 37.5 Å². The van der Waals surface area contributed by atoms with E-state index >= 15 is 0 Å². The van der Waals surface area contributed by atoms with Crippen molar-refractivity contribution in [3.05, 3.63) is 47.7 Å². The number of ketones is 1. The molecular formula is C24H28F6N4O3S. The highest BCUT2D eigenvalue weighted by Gasteiger charge is 2.48. The van der Waals surface area contributed by atoms with E-state index in [1.165, 1.54) is 21.4 Å². The number of alkyl halides is 5. The van der Waals surface area contributed by atoms with E-state index in [2.05, 4.69) is 4.98 Å².